The van der Waals surface area contributed by atoms with Gasteiger partial charge in [0.1, 0.15) is 0 Å². The third kappa shape index (κ3) is 1.57. The van der Waals surface area contributed by atoms with Crippen LogP contribution >= 0.6 is 0 Å². The van der Waals surface area contributed by atoms with Crippen molar-refractivity contribution in [1.29, 1.82) is 0 Å². The molecule has 12 heavy (non-hydrogen) atoms. The number of fused-ring (bicyclic) bond motifs is 1. The van der Waals surface area contributed by atoms with Crippen LogP contribution in [0.4, 0.5) is 0 Å². The monoisotopic (exact) mass is 166 g/mol. The minimum absolute atomic E-state index is 0.634. The second-order valence-electron chi connectivity index (χ2n) is 4.22. The number of nitrogens with two attached hydrogens (primary N) is 1. The molecule has 3 atom stereocenters. The lowest BCUT2D eigenvalue weighted by atomic mass is 10.1. The van der Waals surface area contributed by atoms with Crippen molar-refractivity contribution >= 4 is 0 Å². The van der Waals surface area contributed by atoms with Crippen LogP contribution in [0.5, 0.6) is 0 Å². The SMILES string of the molecule is C=C(N)N[C@@H]1CCCCC2CC21. The Kier molecular flexibility index (Phi) is 1.99. The van der Waals surface area contributed by atoms with E-state index in [1.165, 1.54) is 32.1 Å². The zero-order chi connectivity index (χ0) is 8.55. The summed E-state index contributed by atoms with van der Waals surface area (Å²) in [5.41, 5.74) is 5.55. The molecule has 0 aromatic carbocycles. The van der Waals surface area contributed by atoms with Gasteiger partial charge in [-0.3, -0.25) is 0 Å². The van der Waals surface area contributed by atoms with Crippen molar-refractivity contribution in [2.24, 2.45) is 17.6 Å². The first-order valence-corrected chi connectivity index (χ1v) is 4.98. The van der Waals surface area contributed by atoms with Gasteiger partial charge in [0.05, 0.1) is 5.82 Å². The summed E-state index contributed by atoms with van der Waals surface area (Å²) in [6.07, 6.45) is 6.93. The highest BCUT2D eigenvalue weighted by molar-refractivity contribution is 5.00. The molecule has 0 amide bonds. The smallest absolute Gasteiger partial charge is 0.0888 e. The number of hydrogen-bond donors (Lipinski definition) is 2. The Labute approximate surface area is 74.2 Å². The molecule has 2 saturated carbocycles. The van der Waals surface area contributed by atoms with Crippen molar-refractivity contribution in [2.45, 2.75) is 38.1 Å². The molecule has 2 heteroatoms. The summed E-state index contributed by atoms with van der Waals surface area (Å²) in [7, 11) is 0. The number of nitrogens with one attached hydrogen (secondary N) is 1. The molecule has 0 radical (unpaired) electrons. The van der Waals surface area contributed by atoms with Crippen LogP contribution in [0.2, 0.25) is 0 Å². The molecule has 68 valence electrons. The maximum Gasteiger partial charge on any atom is 0.0888 e. The molecular weight excluding hydrogens is 148 g/mol. The molecule has 0 saturated heterocycles. The first-order chi connectivity index (χ1) is 5.77. The predicted octanol–water partition coefficient (Wildman–Crippen LogP) is 1.58. The Morgan fingerprint density at radius 3 is 2.83 bits per heavy atom. The fraction of sp³-hybridized carbons (Fsp3) is 0.800. The van der Waals surface area contributed by atoms with Gasteiger partial charge in [-0.15, -0.1) is 0 Å². The van der Waals surface area contributed by atoms with Gasteiger partial charge >= 0.3 is 0 Å². The largest absolute Gasteiger partial charge is 0.386 e. The Hall–Kier alpha value is -0.660. The molecule has 0 aromatic heterocycles. The summed E-state index contributed by atoms with van der Waals surface area (Å²) < 4.78 is 0. The lowest BCUT2D eigenvalue weighted by Crippen LogP contribution is -2.33. The molecule has 0 aromatic rings. The first kappa shape index (κ1) is 7.96. The van der Waals surface area contributed by atoms with E-state index in [4.69, 9.17) is 5.73 Å². The molecular formula is C10H18N2. The summed E-state index contributed by atoms with van der Waals surface area (Å²) in [4.78, 5) is 0. The average molecular weight is 166 g/mol. The third-order valence-corrected chi connectivity index (χ3v) is 3.20. The van der Waals surface area contributed by atoms with Crippen molar-refractivity contribution in [3.05, 3.63) is 12.4 Å². The van der Waals surface area contributed by atoms with Gasteiger partial charge in [0.2, 0.25) is 0 Å². The van der Waals surface area contributed by atoms with Gasteiger partial charge in [0, 0.05) is 6.04 Å². The van der Waals surface area contributed by atoms with E-state index < -0.39 is 0 Å². The molecule has 0 aliphatic heterocycles. The van der Waals surface area contributed by atoms with Gasteiger partial charge in [-0.2, -0.15) is 0 Å². The van der Waals surface area contributed by atoms with Crippen LogP contribution < -0.4 is 11.1 Å². The molecule has 0 bridgehead atoms. The second kappa shape index (κ2) is 3.00. The van der Waals surface area contributed by atoms with Gasteiger partial charge in [-0.1, -0.05) is 25.8 Å². The summed E-state index contributed by atoms with van der Waals surface area (Å²) in [6.45, 7) is 3.70. The number of hydrogen-bond acceptors (Lipinski definition) is 2. The van der Waals surface area contributed by atoms with E-state index in [9.17, 15) is 0 Å². The fourth-order valence-electron chi connectivity index (χ4n) is 2.50. The summed E-state index contributed by atoms with van der Waals surface area (Å²) >= 11 is 0. The van der Waals surface area contributed by atoms with E-state index in [1.54, 1.807) is 0 Å². The van der Waals surface area contributed by atoms with Gasteiger partial charge in [0.15, 0.2) is 0 Å². The van der Waals surface area contributed by atoms with E-state index in [2.05, 4.69) is 11.9 Å². The van der Waals surface area contributed by atoms with E-state index in [0.717, 1.165) is 11.8 Å². The van der Waals surface area contributed by atoms with Crippen LogP contribution in [0.15, 0.2) is 12.4 Å². The van der Waals surface area contributed by atoms with E-state index in [1.807, 2.05) is 0 Å². The van der Waals surface area contributed by atoms with Crippen molar-refractivity contribution in [3.63, 3.8) is 0 Å². The Morgan fingerprint density at radius 2 is 2.08 bits per heavy atom. The highest BCUT2D eigenvalue weighted by Crippen LogP contribution is 2.48. The average Bonchev–Trinajstić information content (AvgIpc) is 2.71. The molecule has 0 spiro atoms. The van der Waals surface area contributed by atoms with Crippen LogP contribution in [0.1, 0.15) is 32.1 Å². The van der Waals surface area contributed by atoms with Gasteiger partial charge in [0.25, 0.3) is 0 Å². The molecule has 2 nitrogen and oxygen atoms in total. The zero-order valence-electron chi connectivity index (χ0n) is 7.55. The minimum Gasteiger partial charge on any atom is -0.386 e. The maximum absolute atomic E-state index is 5.55. The number of rotatable bonds is 2. The molecule has 2 aliphatic carbocycles. The highest BCUT2D eigenvalue weighted by Gasteiger charge is 2.43. The predicted molar refractivity (Wildman–Crippen MR) is 50.3 cm³/mol. The zero-order valence-corrected chi connectivity index (χ0v) is 7.55. The topological polar surface area (TPSA) is 38.0 Å². The van der Waals surface area contributed by atoms with Crippen molar-refractivity contribution in [1.82, 2.24) is 5.32 Å². The Bertz CT molecular complexity index is 188. The van der Waals surface area contributed by atoms with Gasteiger partial charge in [-0.05, 0) is 24.7 Å². The minimum atomic E-state index is 0.634. The summed E-state index contributed by atoms with van der Waals surface area (Å²) in [6, 6.07) is 0.634. The first-order valence-electron chi connectivity index (χ1n) is 4.98. The normalized spacial score (nSPS) is 39.5. The lowest BCUT2D eigenvalue weighted by molar-refractivity contribution is 0.464. The molecule has 2 rings (SSSR count). The van der Waals surface area contributed by atoms with Crippen molar-refractivity contribution in [2.75, 3.05) is 0 Å². The molecule has 0 heterocycles. The molecule has 3 N–H and O–H groups in total. The van der Waals surface area contributed by atoms with Crippen LogP contribution in [-0.2, 0) is 0 Å². The van der Waals surface area contributed by atoms with Gasteiger partial charge in [-0.25, -0.2) is 0 Å². The van der Waals surface area contributed by atoms with Gasteiger partial charge < -0.3 is 11.1 Å². The highest BCUT2D eigenvalue weighted by atomic mass is 15.0. The third-order valence-electron chi connectivity index (χ3n) is 3.20. The van der Waals surface area contributed by atoms with Crippen LogP contribution in [-0.4, -0.2) is 6.04 Å². The summed E-state index contributed by atoms with van der Waals surface area (Å²) in [5, 5.41) is 3.30. The van der Waals surface area contributed by atoms with Crippen LogP contribution in [0, 0.1) is 11.8 Å². The quantitative estimate of drug-likeness (QED) is 0.653. The maximum atomic E-state index is 5.55. The second-order valence-corrected chi connectivity index (χ2v) is 4.22. The molecule has 2 fully saturated rings. The Morgan fingerprint density at radius 1 is 1.33 bits per heavy atom. The van der Waals surface area contributed by atoms with Crippen LogP contribution in [0.25, 0.3) is 0 Å². The molecule has 2 aliphatic rings. The summed E-state index contributed by atoms with van der Waals surface area (Å²) in [5.74, 6) is 2.56. The van der Waals surface area contributed by atoms with Crippen LogP contribution in [0.3, 0.4) is 0 Å². The lowest BCUT2D eigenvalue weighted by Gasteiger charge is -2.17. The fourth-order valence-corrected chi connectivity index (χ4v) is 2.50. The standard InChI is InChI=1S/C10H18N2/c1-7(11)12-10-5-3-2-4-8-6-9(8)10/h8-10,12H,1-6,11H2/t8?,9?,10-/m1/s1. The van der Waals surface area contributed by atoms with E-state index in [-0.39, 0.29) is 0 Å². The van der Waals surface area contributed by atoms with E-state index >= 15 is 0 Å². The van der Waals surface area contributed by atoms with Crippen molar-refractivity contribution in [3.8, 4) is 0 Å². The Balaban J connectivity index is 1.90. The van der Waals surface area contributed by atoms with Crippen molar-refractivity contribution < 1.29 is 0 Å². The van der Waals surface area contributed by atoms with E-state index in [0.29, 0.717) is 11.9 Å². The molecule has 2 unspecified atom stereocenters.